The van der Waals surface area contributed by atoms with E-state index >= 15 is 0 Å². The molecule has 3 heterocycles. The fourth-order valence-electron chi connectivity index (χ4n) is 7.71. The van der Waals surface area contributed by atoms with Crippen LogP contribution >= 0.6 is 11.6 Å². The number of carbonyl (C=O) groups is 2. The standard InChI is InChI=1S/C28H47ClN4O2/c29-24-7-5-21(6-8-24)19-33-25-4-2-1-3-23(25)17-26(33)28(35)32-15-11-22(12-16-32)27(34)31-18-20-9-13-30-14-10-20/h20-26,30H,1-19H2,(H,31,34). The molecule has 3 saturated heterocycles. The first-order chi connectivity index (χ1) is 17.1. The van der Waals surface area contributed by atoms with E-state index in [1.54, 1.807) is 0 Å². The summed E-state index contributed by atoms with van der Waals surface area (Å²) < 4.78 is 0. The molecule has 7 heteroatoms. The second-order valence-electron chi connectivity index (χ2n) is 12.2. The van der Waals surface area contributed by atoms with Crippen molar-refractivity contribution < 1.29 is 9.59 Å². The van der Waals surface area contributed by atoms with Crippen LogP contribution in [0.15, 0.2) is 0 Å². The fraction of sp³-hybridized carbons (Fsp3) is 0.929. The summed E-state index contributed by atoms with van der Waals surface area (Å²) in [6.45, 7) is 5.49. The molecular formula is C28H47ClN4O2. The molecule has 5 aliphatic rings. The molecule has 0 aromatic rings. The third-order valence-corrected chi connectivity index (χ3v) is 10.4. The van der Waals surface area contributed by atoms with Crippen molar-refractivity contribution >= 4 is 23.4 Å². The van der Waals surface area contributed by atoms with Crippen LogP contribution in [0.5, 0.6) is 0 Å². The smallest absolute Gasteiger partial charge is 0.239 e. The van der Waals surface area contributed by atoms with E-state index in [0.717, 1.165) is 84.2 Å². The van der Waals surface area contributed by atoms with Crippen molar-refractivity contribution in [3.63, 3.8) is 0 Å². The lowest BCUT2D eigenvalue weighted by atomic mass is 9.84. The lowest BCUT2D eigenvalue weighted by Crippen LogP contribution is -2.52. The van der Waals surface area contributed by atoms with Gasteiger partial charge in [-0.3, -0.25) is 14.5 Å². The van der Waals surface area contributed by atoms with Gasteiger partial charge in [-0.2, -0.15) is 0 Å². The number of nitrogens with one attached hydrogen (secondary N) is 2. The number of nitrogens with zero attached hydrogens (tertiary/aromatic N) is 2. The van der Waals surface area contributed by atoms with Crippen molar-refractivity contribution in [2.75, 3.05) is 39.3 Å². The molecule has 2 saturated carbocycles. The summed E-state index contributed by atoms with van der Waals surface area (Å²) in [5, 5.41) is 6.96. The van der Waals surface area contributed by atoms with Gasteiger partial charge >= 0.3 is 0 Å². The van der Waals surface area contributed by atoms with Crippen molar-refractivity contribution in [1.29, 1.82) is 0 Å². The average molecular weight is 507 g/mol. The molecule has 0 aromatic heterocycles. The summed E-state index contributed by atoms with van der Waals surface area (Å²) in [7, 11) is 0. The summed E-state index contributed by atoms with van der Waals surface area (Å²) in [4.78, 5) is 31.3. The molecule has 0 spiro atoms. The molecule has 2 aliphatic carbocycles. The molecule has 0 aromatic carbocycles. The van der Waals surface area contributed by atoms with Crippen molar-refractivity contribution in [2.45, 2.75) is 101 Å². The Kier molecular flexibility index (Phi) is 8.94. The molecular weight excluding hydrogens is 460 g/mol. The first-order valence-corrected chi connectivity index (χ1v) is 15.2. The normalized spacial score (nSPS) is 35.6. The number of carbonyl (C=O) groups excluding carboxylic acids is 2. The Hall–Kier alpha value is -0.850. The predicted molar refractivity (Wildman–Crippen MR) is 140 cm³/mol. The van der Waals surface area contributed by atoms with Crippen LogP contribution in [0.1, 0.15) is 83.5 Å². The molecule has 3 atom stereocenters. The van der Waals surface area contributed by atoms with Gasteiger partial charge in [-0.25, -0.2) is 0 Å². The van der Waals surface area contributed by atoms with E-state index in [0.29, 0.717) is 35.1 Å². The van der Waals surface area contributed by atoms with Gasteiger partial charge in [0.2, 0.25) is 11.8 Å². The molecule has 6 nitrogen and oxygen atoms in total. The number of fused-ring (bicyclic) bond motifs is 1. The van der Waals surface area contributed by atoms with Crippen molar-refractivity contribution in [1.82, 2.24) is 20.4 Å². The highest BCUT2D eigenvalue weighted by Crippen LogP contribution is 2.42. The van der Waals surface area contributed by atoms with Gasteiger partial charge in [0, 0.05) is 43.5 Å². The zero-order chi connectivity index (χ0) is 24.2. The summed E-state index contributed by atoms with van der Waals surface area (Å²) in [6, 6.07) is 0.659. The second-order valence-corrected chi connectivity index (χ2v) is 12.8. The topological polar surface area (TPSA) is 64.7 Å². The Labute approximate surface area is 217 Å². The molecule has 0 bridgehead atoms. The maximum absolute atomic E-state index is 13.8. The number of rotatable bonds is 6. The van der Waals surface area contributed by atoms with E-state index in [-0.39, 0.29) is 17.9 Å². The molecule has 0 radical (unpaired) electrons. The van der Waals surface area contributed by atoms with Crippen LogP contribution in [0.2, 0.25) is 0 Å². The maximum Gasteiger partial charge on any atom is 0.239 e. The Morgan fingerprint density at radius 1 is 0.857 bits per heavy atom. The van der Waals surface area contributed by atoms with Crippen LogP contribution in [0.25, 0.3) is 0 Å². The molecule has 198 valence electrons. The first-order valence-electron chi connectivity index (χ1n) is 14.8. The number of amides is 2. The minimum Gasteiger partial charge on any atom is -0.356 e. The second kappa shape index (κ2) is 12.1. The quantitative estimate of drug-likeness (QED) is 0.538. The molecule has 5 rings (SSSR count). The Morgan fingerprint density at radius 2 is 1.57 bits per heavy atom. The zero-order valence-corrected chi connectivity index (χ0v) is 22.3. The van der Waals surface area contributed by atoms with Crippen molar-refractivity contribution in [3.05, 3.63) is 0 Å². The number of likely N-dealkylation sites (tertiary alicyclic amines) is 2. The van der Waals surface area contributed by atoms with E-state index in [1.165, 1.54) is 38.5 Å². The van der Waals surface area contributed by atoms with Crippen LogP contribution in [-0.4, -0.2) is 78.3 Å². The molecule has 3 unspecified atom stereocenters. The predicted octanol–water partition coefficient (Wildman–Crippen LogP) is 3.77. The van der Waals surface area contributed by atoms with Crippen LogP contribution < -0.4 is 10.6 Å². The van der Waals surface area contributed by atoms with Crippen molar-refractivity contribution in [3.8, 4) is 0 Å². The van der Waals surface area contributed by atoms with Crippen LogP contribution in [-0.2, 0) is 9.59 Å². The first kappa shape index (κ1) is 25.8. The molecule has 3 aliphatic heterocycles. The number of piperidine rings is 2. The largest absolute Gasteiger partial charge is 0.356 e. The Morgan fingerprint density at radius 3 is 2.31 bits per heavy atom. The number of halogens is 1. The minimum atomic E-state index is 0.0575. The van der Waals surface area contributed by atoms with Gasteiger partial charge < -0.3 is 15.5 Å². The van der Waals surface area contributed by atoms with E-state index in [9.17, 15) is 9.59 Å². The SMILES string of the molecule is O=C(NCC1CCNCC1)C1CCN(C(=O)C2CC3CCCCC3N2CC2CCC(Cl)CC2)CC1. The van der Waals surface area contributed by atoms with Gasteiger partial charge in [0.1, 0.15) is 0 Å². The van der Waals surface area contributed by atoms with E-state index in [2.05, 4.69) is 20.4 Å². The Balaban J connectivity index is 1.14. The van der Waals surface area contributed by atoms with Gasteiger partial charge in [-0.1, -0.05) is 12.8 Å². The van der Waals surface area contributed by atoms with Crippen LogP contribution in [0.4, 0.5) is 0 Å². The van der Waals surface area contributed by atoms with Gasteiger partial charge in [0.15, 0.2) is 0 Å². The van der Waals surface area contributed by atoms with Gasteiger partial charge in [0.05, 0.1) is 6.04 Å². The molecule has 35 heavy (non-hydrogen) atoms. The number of hydrogen-bond donors (Lipinski definition) is 2. The number of alkyl halides is 1. The highest BCUT2D eigenvalue weighted by Gasteiger charge is 2.47. The third kappa shape index (κ3) is 6.35. The van der Waals surface area contributed by atoms with E-state index in [1.807, 2.05) is 0 Å². The van der Waals surface area contributed by atoms with Crippen LogP contribution in [0, 0.1) is 23.7 Å². The van der Waals surface area contributed by atoms with E-state index in [4.69, 9.17) is 11.6 Å². The highest BCUT2D eigenvalue weighted by atomic mass is 35.5. The Bertz CT molecular complexity index is 714. The van der Waals surface area contributed by atoms with Gasteiger partial charge in [-0.05, 0) is 101 Å². The third-order valence-electron chi connectivity index (χ3n) is 9.95. The molecule has 5 fully saturated rings. The summed E-state index contributed by atoms with van der Waals surface area (Å²) in [5.74, 6) is 2.61. The summed E-state index contributed by atoms with van der Waals surface area (Å²) in [5.41, 5.74) is 0. The minimum absolute atomic E-state index is 0.0575. The van der Waals surface area contributed by atoms with Crippen molar-refractivity contribution in [2.24, 2.45) is 23.7 Å². The average Bonchev–Trinajstić information content (AvgIpc) is 3.27. The number of hydrogen-bond acceptors (Lipinski definition) is 4. The van der Waals surface area contributed by atoms with Gasteiger partial charge in [0.25, 0.3) is 0 Å². The van der Waals surface area contributed by atoms with E-state index < -0.39 is 0 Å². The van der Waals surface area contributed by atoms with Crippen LogP contribution in [0.3, 0.4) is 0 Å². The lowest BCUT2D eigenvalue weighted by Gasteiger charge is -2.39. The lowest BCUT2D eigenvalue weighted by molar-refractivity contribution is -0.140. The molecule has 2 amide bonds. The maximum atomic E-state index is 13.8. The van der Waals surface area contributed by atoms with Gasteiger partial charge in [-0.15, -0.1) is 11.6 Å². The summed E-state index contributed by atoms with van der Waals surface area (Å²) in [6.07, 6.45) is 14.8. The highest BCUT2D eigenvalue weighted by molar-refractivity contribution is 6.20. The molecule has 2 N–H and O–H groups in total. The monoisotopic (exact) mass is 506 g/mol. The fourth-order valence-corrected chi connectivity index (χ4v) is 7.96. The summed E-state index contributed by atoms with van der Waals surface area (Å²) >= 11 is 6.38. The zero-order valence-electron chi connectivity index (χ0n) is 21.6.